The third-order valence-electron chi connectivity index (χ3n) is 5.52. The molecule has 6 nitrogen and oxygen atoms in total. The topological polar surface area (TPSA) is 67.2 Å². The molecule has 0 radical (unpaired) electrons. The van der Waals surface area contributed by atoms with Crippen molar-refractivity contribution in [2.24, 2.45) is 0 Å². The molecular formula is C24H22N4O2S. The number of carbonyl (C=O) groups is 1. The molecule has 1 N–H and O–H groups in total. The maximum Gasteiger partial charge on any atom is 0.262 e. The van der Waals surface area contributed by atoms with Crippen molar-refractivity contribution < 1.29 is 4.79 Å². The van der Waals surface area contributed by atoms with E-state index in [1.54, 1.807) is 0 Å². The Bertz CT molecular complexity index is 1290. The number of hydrogen-bond donors (Lipinski definition) is 1. The smallest absolute Gasteiger partial charge is 0.262 e. The second kappa shape index (κ2) is 8.35. The van der Waals surface area contributed by atoms with Gasteiger partial charge in [0.15, 0.2) is 0 Å². The SMILES string of the molecule is O=C(Cn1cnc2sc(-c3ccccc3)cc2c1=O)Nc1ccccc1N1CCCC1. The Hall–Kier alpha value is -3.45. The van der Waals surface area contributed by atoms with Crippen molar-refractivity contribution in [2.45, 2.75) is 19.4 Å². The first-order valence-corrected chi connectivity index (χ1v) is 11.2. The number of carbonyl (C=O) groups excluding carboxylic acids is 1. The van der Waals surface area contributed by atoms with Crippen molar-refractivity contribution in [1.82, 2.24) is 9.55 Å². The zero-order valence-corrected chi connectivity index (χ0v) is 17.8. The maximum absolute atomic E-state index is 13.0. The molecule has 0 spiro atoms. The molecule has 7 heteroatoms. The quantitative estimate of drug-likeness (QED) is 0.511. The van der Waals surface area contributed by atoms with E-state index in [2.05, 4.69) is 15.2 Å². The van der Waals surface area contributed by atoms with Crippen LogP contribution in [0.1, 0.15) is 12.8 Å². The second-order valence-corrected chi connectivity index (χ2v) is 8.66. The molecule has 5 rings (SSSR count). The van der Waals surface area contributed by atoms with E-state index in [4.69, 9.17) is 0 Å². The van der Waals surface area contributed by atoms with Crippen LogP contribution in [0.25, 0.3) is 20.7 Å². The summed E-state index contributed by atoms with van der Waals surface area (Å²) in [5.41, 5.74) is 2.65. The zero-order chi connectivity index (χ0) is 21.2. The molecule has 0 bridgehead atoms. The highest BCUT2D eigenvalue weighted by Crippen LogP contribution is 2.31. The molecule has 4 aromatic rings. The van der Waals surface area contributed by atoms with Crippen LogP contribution in [0.4, 0.5) is 11.4 Å². The first kappa shape index (κ1) is 19.5. The van der Waals surface area contributed by atoms with Gasteiger partial charge >= 0.3 is 0 Å². The van der Waals surface area contributed by atoms with Crippen LogP contribution < -0.4 is 15.8 Å². The average Bonchev–Trinajstić information content (AvgIpc) is 3.47. The van der Waals surface area contributed by atoms with Crippen LogP contribution in [0.15, 0.2) is 71.8 Å². The van der Waals surface area contributed by atoms with E-state index >= 15 is 0 Å². The predicted octanol–water partition coefficient (Wildman–Crippen LogP) is 4.36. The maximum atomic E-state index is 13.0. The molecule has 1 fully saturated rings. The molecule has 1 aliphatic rings. The summed E-state index contributed by atoms with van der Waals surface area (Å²) in [6.45, 7) is 1.91. The number of nitrogens with one attached hydrogen (secondary N) is 1. The fourth-order valence-corrected chi connectivity index (χ4v) is 4.97. The molecule has 156 valence electrons. The Morgan fingerprint density at radius 2 is 1.77 bits per heavy atom. The highest BCUT2D eigenvalue weighted by molar-refractivity contribution is 7.21. The van der Waals surface area contributed by atoms with E-state index in [1.807, 2.05) is 60.7 Å². The molecule has 1 saturated heterocycles. The molecule has 2 aromatic heterocycles. The molecule has 0 atom stereocenters. The molecule has 31 heavy (non-hydrogen) atoms. The highest BCUT2D eigenvalue weighted by atomic mass is 32.1. The number of hydrogen-bond acceptors (Lipinski definition) is 5. The lowest BCUT2D eigenvalue weighted by Crippen LogP contribution is -2.28. The third-order valence-corrected chi connectivity index (χ3v) is 6.61. The average molecular weight is 431 g/mol. The Morgan fingerprint density at radius 3 is 2.58 bits per heavy atom. The molecule has 0 unspecified atom stereocenters. The normalized spacial score (nSPS) is 13.6. The first-order chi connectivity index (χ1) is 15.2. The lowest BCUT2D eigenvalue weighted by Gasteiger charge is -2.21. The van der Waals surface area contributed by atoms with Crippen molar-refractivity contribution in [2.75, 3.05) is 23.3 Å². The van der Waals surface area contributed by atoms with E-state index in [0.29, 0.717) is 10.2 Å². The Balaban J connectivity index is 1.38. The van der Waals surface area contributed by atoms with Gasteiger partial charge in [-0.15, -0.1) is 11.3 Å². The van der Waals surface area contributed by atoms with Crippen LogP contribution in [0, 0.1) is 0 Å². The first-order valence-electron chi connectivity index (χ1n) is 10.4. The summed E-state index contributed by atoms with van der Waals surface area (Å²) >= 11 is 1.48. The number of amides is 1. The van der Waals surface area contributed by atoms with E-state index in [1.165, 1.54) is 22.2 Å². The van der Waals surface area contributed by atoms with Gasteiger partial charge in [0.1, 0.15) is 11.4 Å². The fourth-order valence-electron chi connectivity index (χ4n) is 3.97. The number of nitrogens with zero attached hydrogens (tertiary/aromatic N) is 3. The number of benzene rings is 2. The fraction of sp³-hybridized carbons (Fsp3) is 0.208. The van der Waals surface area contributed by atoms with E-state index < -0.39 is 0 Å². The largest absolute Gasteiger partial charge is 0.370 e. The van der Waals surface area contributed by atoms with E-state index in [9.17, 15) is 9.59 Å². The van der Waals surface area contributed by atoms with Gasteiger partial charge in [0.2, 0.25) is 5.91 Å². The van der Waals surface area contributed by atoms with Crippen molar-refractivity contribution >= 4 is 38.8 Å². The summed E-state index contributed by atoms with van der Waals surface area (Å²) in [5.74, 6) is -0.242. The summed E-state index contributed by atoms with van der Waals surface area (Å²) in [7, 11) is 0. The minimum atomic E-state index is -0.242. The summed E-state index contributed by atoms with van der Waals surface area (Å²) in [4.78, 5) is 34.1. The Labute approximate surface area is 183 Å². The van der Waals surface area contributed by atoms with Gasteiger partial charge in [-0.2, -0.15) is 0 Å². The van der Waals surface area contributed by atoms with Gasteiger partial charge in [-0.1, -0.05) is 42.5 Å². The van der Waals surface area contributed by atoms with Crippen LogP contribution in [0.3, 0.4) is 0 Å². The molecule has 0 aliphatic carbocycles. The van der Waals surface area contributed by atoms with Gasteiger partial charge in [0, 0.05) is 18.0 Å². The van der Waals surface area contributed by atoms with Gasteiger partial charge in [-0.25, -0.2) is 4.98 Å². The second-order valence-electron chi connectivity index (χ2n) is 7.63. The zero-order valence-electron chi connectivity index (χ0n) is 17.0. The summed E-state index contributed by atoms with van der Waals surface area (Å²) in [6, 6.07) is 19.6. The molecule has 3 heterocycles. The Kier molecular flexibility index (Phi) is 5.26. The van der Waals surface area contributed by atoms with E-state index in [-0.39, 0.29) is 18.0 Å². The predicted molar refractivity (Wildman–Crippen MR) is 126 cm³/mol. The molecule has 1 aliphatic heterocycles. The van der Waals surface area contributed by atoms with Crippen molar-refractivity contribution in [3.05, 3.63) is 77.3 Å². The number of thiophene rings is 1. The summed E-state index contributed by atoms with van der Waals surface area (Å²) < 4.78 is 1.37. The van der Waals surface area contributed by atoms with Crippen LogP contribution in [-0.4, -0.2) is 28.5 Å². The van der Waals surface area contributed by atoms with Crippen LogP contribution >= 0.6 is 11.3 Å². The van der Waals surface area contributed by atoms with Crippen LogP contribution in [0.5, 0.6) is 0 Å². The number of rotatable bonds is 5. The number of anilines is 2. The lowest BCUT2D eigenvalue weighted by atomic mass is 10.2. The van der Waals surface area contributed by atoms with Crippen molar-refractivity contribution in [1.29, 1.82) is 0 Å². The van der Waals surface area contributed by atoms with E-state index in [0.717, 1.165) is 47.7 Å². The monoisotopic (exact) mass is 430 g/mol. The third kappa shape index (κ3) is 3.96. The van der Waals surface area contributed by atoms with Crippen LogP contribution in [0.2, 0.25) is 0 Å². The number of aromatic nitrogens is 2. The number of para-hydroxylation sites is 2. The Morgan fingerprint density at radius 1 is 1.03 bits per heavy atom. The molecule has 1 amide bonds. The van der Waals surface area contributed by atoms with Gasteiger partial charge in [-0.05, 0) is 36.6 Å². The number of fused-ring (bicyclic) bond motifs is 1. The van der Waals surface area contributed by atoms with Gasteiger partial charge in [-0.3, -0.25) is 14.2 Å². The highest BCUT2D eigenvalue weighted by Gasteiger charge is 2.17. The van der Waals surface area contributed by atoms with Gasteiger partial charge in [0.05, 0.1) is 23.1 Å². The minimum Gasteiger partial charge on any atom is -0.370 e. The van der Waals surface area contributed by atoms with Crippen LogP contribution in [-0.2, 0) is 11.3 Å². The lowest BCUT2D eigenvalue weighted by molar-refractivity contribution is -0.116. The van der Waals surface area contributed by atoms with Crippen molar-refractivity contribution in [3.8, 4) is 10.4 Å². The molecule has 2 aromatic carbocycles. The summed E-state index contributed by atoms with van der Waals surface area (Å²) in [5, 5.41) is 3.52. The summed E-state index contributed by atoms with van der Waals surface area (Å²) in [6.07, 6.45) is 3.78. The minimum absolute atomic E-state index is 0.0768. The van der Waals surface area contributed by atoms with Gasteiger partial charge < -0.3 is 10.2 Å². The van der Waals surface area contributed by atoms with Gasteiger partial charge in [0.25, 0.3) is 5.56 Å². The van der Waals surface area contributed by atoms with Crippen molar-refractivity contribution in [3.63, 3.8) is 0 Å². The molecule has 0 saturated carbocycles. The standard InChI is InChI=1S/C24H22N4O2S/c29-22(26-19-10-4-5-11-20(19)27-12-6-7-13-27)15-28-16-25-23-18(24(28)30)14-21(31-23)17-8-2-1-3-9-17/h1-5,8-11,14,16H,6-7,12-13,15H2,(H,26,29). The molecular weight excluding hydrogens is 408 g/mol.